The molecule has 1 N–H and O–H groups in total. The van der Waals surface area contributed by atoms with Gasteiger partial charge in [-0.05, 0) is 12.0 Å². The van der Waals surface area contributed by atoms with Crippen LogP contribution in [0.25, 0.3) is 0 Å². The zero-order chi connectivity index (χ0) is 15.2. The molecule has 1 fully saturated rings. The summed E-state index contributed by atoms with van der Waals surface area (Å²) in [5.41, 5.74) is 1.84. The van der Waals surface area contributed by atoms with Gasteiger partial charge in [0.2, 0.25) is 0 Å². The van der Waals surface area contributed by atoms with E-state index in [1.165, 1.54) is 0 Å². The number of anilines is 1. The third kappa shape index (κ3) is 4.38. The average Bonchev–Trinajstić information content (AvgIpc) is 2.49. The Morgan fingerprint density at radius 2 is 2.24 bits per heavy atom. The molecule has 0 spiro atoms. The van der Waals surface area contributed by atoms with Gasteiger partial charge in [0.05, 0.1) is 6.61 Å². The van der Waals surface area contributed by atoms with Crippen molar-refractivity contribution in [2.24, 2.45) is 5.92 Å². The largest absolute Gasteiger partial charge is 0.380 e. The van der Waals surface area contributed by atoms with Gasteiger partial charge < -0.3 is 15.0 Å². The molecular formula is C16H24N2O2S. The molecule has 2 amide bonds. The molecule has 0 saturated carbocycles. The third-order valence-electron chi connectivity index (χ3n) is 3.68. The Balaban J connectivity index is 2.01. The predicted molar refractivity (Wildman–Crippen MR) is 88.8 cm³/mol. The Labute approximate surface area is 131 Å². The first-order chi connectivity index (χ1) is 10.1. The number of thioether (sulfide) groups is 1. The van der Waals surface area contributed by atoms with Gasteiger partial charge in [0.15, 0.2) is 0 Å². The van der Waals surface area contributed by atoms with Crippen molar-refractivity contribution in [3.8, 4) is 0 Å². The molecule has 1 aromatic rings. The minimum atomic E-state index is -0.00972. The lowest BCUT2D eigenvalue weighted by atomic mass is 10.1. The first kappa shape index (κ1) is 16.2. The topological polar surface area (TPSA) is 41.6 Å². The highest BCUT2D eigenvalue weighted by molar-refractivity contribution is 8.00. The highest BCUT2D eigenvalue weighted by atomic mass is 32.2. The van der Waals surface area contributed by atoms with E-state index in [4.69, 9.17) is 4.74 Å². The summed E-state index contributed by atoms with van der Waals surface area (Å²) >= 11 is 1.97. The normalized spacial score (nSPS) is 18.9. The number of hydrogen-bond acceptors (Lipinski definition) is 3. The zero-order valence-corrected chi connectivity index (χ0v) is 13.8. The second-order valence-electron chi connectivity index (χ2n) is 5.62. The van der Waals surface area contributed by atoms with Crippen molar-refractivity contribution in [3.63, 3.8) is 0 Å². The standard InChI is InChI=1S/C16H24N2O2S/c1-12(2)15-10-18(8-9-21-15)16(19)17-14-7-5-4-6-13(14)11-20-3/h4-7,12,15H,8-11H2,1-3H3,(H,17,19)/t15-/m1/s1. The predicted octanol–water partition coefficient (Wildman–Crippen LogP) is 3.44. The number of rotatable bonds is 4. The van der Waals surface area contributed by atoms with E-state index in [9.17, 15) is 4.79 Å². The van der Waals surface area contributed by atoms with E-state index in [-0.39, 0.29) is 6.03 Å². The van der Waals surface area contributed by atoms with Crippen molar-refractivity contribution in [3.05, 3.63) is 29.8 Å². The maximum Gasteiger partial charge on any atom is 0.321 e. The van der Waals surface area contributed by atoms with E-state index in [1.807, 2.05) is 40.9 Å². The molecule has 0 aromatic heterocycles. The highest BCUT2D eigenvalue weighted by Gasteiger charge is 2.26. The van der Waals surface area contributed by atoms with Gasteiger partial charge in [0.1, 0.15) is 0 Å². The minimum absolute atomic E-state index is 0.00972. The van der Waals surface area contributed by atoms with Crippen LogP contribution in [0.15, 0.2) is 24.3 Å². The molecule has 1 aromatic carbocycles. The fourth-order valence-electron chi connectivity index (χ4n) is 2.38. The van der Waals surface area contributed by atoms with Crippen molar-refractivity contribution in [1.82, 2.24) is 4.90 Å². The second kappa shape index (κ2) is 7.71. The second-order valence-corrected chi connectivity index (χ2v) is 6.97. The number of nitrogens with one attached hydrogen (secondary N) is 1. The molecule has 1 saturated heterocycles. The summed E-state index contributed by atoms with van der Waals surface area (Å²) in [6.07, 6.45) is 0. The van der Waals surface area contributed by atoms with Crippen LogP contribution in [-0.2, 0) is 11.3 Å². The Hall–Kier alpha value is -1.20. The van der Waals surface area contributed by atoms with Crippen LogP contribution in [0.2, 0.25) is 0 Å². The number of methoxy groups -OCH3 is 1. The van der Waals surface area contributed by atoms with Crippen LogP contribution >= 0.6 is 11.8 Å². The summed E-state index contributed by atoms with van der Waals surface area (Å²) < 4.78 is 5.18. The van der Waals surface area contributed by atoms with E-state index in [0.717, 1.165) is 30.1 Å². The van der Waals surface area contributed by atoms with Crippen molar-refractivity contribution in [2.75, 3.05) is 31.3 Å². The van der Waals surface area contributed by atoms with E-state index < -0.39 is 0 Å². The monoisotopic (exact) mass is 308 g/mol. The molecule has 4 nitrogen and oxygen atoms in total. The average molecular weight is 308 g/mol. The number of carbonyl (C=O) groups is 1. The molecule has 0 unspecified atom stereocenters. The summed E-state index contributed by atoms with van der Waals surface area (Å²) in [5.74, 6) is 1.60. The zero-order valence-electron chi connectivity index (χ0n) is 13.0. The maximum absolute atomic E-state index is 12.5. The summed E-state index contributed by atoms with van der Waals surface area (Å²) in [7, 11) is 1.66. The first-order valence-electron chi connectivity index (χ1n) is 7.36. The van der Waals surface area contributed by atoms with Crippen molar-refractivity contribution >= 4 is 23.5 Å². The molecule has 0 radical (unpaired) electrons. The molecule has 116 valence electrons. The van der Waals surface area contributed by atoms with Crippen LogP contribution in [0, 0.1) is 5.92 Å². The number of ether oxygens (including phenoxy) is 1. The Bertz CT molecular complexity index is 479. The molecule has 21 heavy (non-hydrogen) atoms. The highest BCUT2D eigenvalue weighted by Crippen LogP contribution is 2.25. The van der Waals surface area contributed by atoms with Crippen molar-refractivity contribution < 1.29 is 9.53 Å². The lowest BCUT2D eigenvalue weighted by molar-refractivity contribution is 0.185. The number of para-hydroxylation sites is 1. The van der Waals surface area contributed by atoms with Gasteiger partial charge in [-0.15, -0.1) is 0 Å². The fourth-order valence-corrected chi connectivity index (χ4v) is 3.68. The van der Waals surface area contributed by atoms with E-state index in [0.29, 0.717) is 17.8 Å². The number of nitrogens with zero attached hydrogens (tertiary/aromatic N) is 1. The van der Waals surface area contributed by atoms with Gasteiger partial charge in [-0.1, -0.05) is 32.0 Å². The molecule has 1 heterocycles. The van der Waals surface area contributed by atoms with Crippen LogP contribution in [0.3, 0.4) is 0 Å². The van der Waals surface area contributed by atoms with Crippen LogP contribution in [-0.4, -0.2) is 42.1 Å². The van der Waals surface area contributed by atoms with Gasteiger partial charge in [-0.3, -0.25) is 0 Å². The molecular weight excluding hydrogens is 284 g/mol. The van der Waals surface area contributed by atoms with Gasteiger partial charge in [-0.25, -0.2) is 4.79 Å². The van der Waals surface area contributed by atoms with Gasteiger partial charge in [0.25, 0.3) is 0 Å². The smallest absolute Gasteiger partial charge is 0.321 e. The quantitative estimate of drug-likeness (QED) is 0.926. The summed E-state index contributed by atoms with van der Waals surface area (Å²) in [6, 6.07) is 7.77. The van der Waals surface area contributed by atoms with E-state index in [2.05, 4.69) is 19.2 Å². The van der Waals surface area contributed by atoms with Crippen molar-refractivity contribution in [1.29, 1.82) is 0 Å². The van der Waals surface area contributed by atoms with Gasteiger partial charge >= 0.3 is 6.03 Å². The Morgan fingerprint density at radius 3 is 2.95 bits per heavy atom. The maximum atomic E-state index is 12.5. The molecule has 1 aliphatic heterocycles. The van der Waals surface area contributed by atoms with Crippen LogP contribution in [0.1, 0.15) is 19.4 Å². The third-order valence-corrected chi connectivity index (χ3v) is 5.22. The molecule has 2 rings (SSSR count). The number of urea groups is 1. The molecule has 1 atom stereocenters. The number of benzene rings is 1. The lowest BCUT2D eigenvalue weighted by Gasteiger charge is -2.34. The molecule has 1 aliphatic rings. The summed E-state index contributed by atoms with van der Waals surface area (Å²) in [5, 5.41) is 3.55. The summed E-state index contributed by atoms with van der Waals surface area (Å²) in [6.45, 7) is 6.56. The number of hydrogen-bond donors (Lipinski definition) is 1. The SMILES string of the molecule is COCc1ccccc1NC(=O)N1CCS[C@@H](C(C)C)C1. The van der Waals surface area contributed by atoms with E-state index in [1.54, 1.807) is 7.11 Å². The molecule has 0 aliphatic carbocycles. The van der Waals surface area contributed by atoms with Crippen molar-refractivity contribution in [2.45, 2.75) is 25.7 Å². The van der Waals surface area contributed by atoms with Crippen LogP contribution < -0.4 is 5.32 Å². The lowest BCUT2D eigenvalue weighted by Crippen LogP contribution is -2.45. The van der Waals surface area contributed by atoms with Crippen LogP contribution in [0.4, 0.5) is 10.5 Å². The number of amides is 2. The first-order valence-corrected chi connectivity index (χ1v) is 8.41. The Morgan fingerprint density at radius 1 is 1.48 bits per heavy atom. The summed E-state index contributed by atoms with van der Waals surface area (Å²) in [4.78, 5) is 14.4. The van der Waals surface area contributed by atoms with E-state index >= 15 is 0 Å². The van der Waals surface area contributed by atoms with Gasteiger partial charge in [0, 0.05) is 42.5 Å². The Kier molecular flexibility index (Phi) is 5.94. The molecule has 5 heteroatoms. The fraction of sp³-hybridized carbons (Fsp3) is 0.562. The van der Waals surface area contributed by atoms with Gasteiger partial charge in [-0.2, -0.15) is 11.8 Å². The minimum Gasteiger partial charge on any atom is -0.380 e. The van der Waals surface area contributed by atoms with Crippen LogP contribution in [0.5, 0.6) is 0 Å². The number of carbonyl (C=O) groups excluding carboxylic acids is 1. The molecule has 0 bridgehead atoms.